The summed E-state index contributed by atoms with van der Waals surface area (Å²) in [6.45, 7) is 3.91. The third kappa shape index (κ3) is 4.76. The van der Waals surface area contributed by atoms with Crippen LogP contribution in [0.2, 0.25) is 0 Å². The van der Waals surface area contributed by atoms with E-state index in [9.17, 15) is 14.7 Å². The number of aliphatic hydroxyl groups excluding tert-OH is 1. The van der Waals surface area contributed by atoms with Gasteiger partial charge in [0.05, 0.1) is 24.9 Å². The number of aliphatic hydroxyl groups is 1. The van der Waals surface area contributed by atoms with Gasteiger partial charge in [-0.3, -0.25) is 4.79 Å². The van der Waals surface area contributed by atoms with Crippen molar-refractivity contribution in [2.75, 3.05) is 6.61 Å². The lowest BCUT2D eigenvalue weighted by Crippen LogP contribution is -2.56. The molecule has 0 unspecified atom stereocenters. The molecule has 0 radical (unpaired) electrons. The lowest BCUT2D eigenvalue weighted by Gasteiger charge is -2.31. The second-order valence-electron chi connectivity index (χ2n) is 9.09. The van der Waals surface area contributed by atoms with Crippen LogP contribution >= 0.6 is 0 Å². The standard InChI is InChI=1S/C27H33NO5/c1-3-8-19-13-18(17-29)14-23(24(19)33-22-11-7-12-22)25(30)28-27(26(31)32-4-2)15-20-9-5-6-10-21(20)16-27/h5-6,9-10,13-14,22,29H,3-4,7-8,11-12,15-17H2,1-2H3,(H,28,30). The van der Waals surface area contributed by atoms with E-state index in [2.05, 4.69) is 12.2 Å². The molecule has 0 atom stereocenters. The Balaban J connectivity index is 1.70. The van der Waals surface area contributed by atoms with Gasteiger partial charge in [-0.2, -0.15) is 0 Å². The number of hydrogen-bond donors (Lipinski definition) is 2. The zero-order chi connectivity index (χ0) is 23.4. The third-order valence-electron chi connectivity index (χ3n) is 6.63. The second kappa shape index (κ2) is 9.96. The zero-order valence-corrected chi connectivity index (χ0v) is 19.5. The third-order valence-corrected chi connectivity index (χ3v) is 6.63. The van der Waals surface area contributed by atoms with Crippen LogP contribution < -0.4 is 10.1 Å². The Morgan fingerprint density at radius 2 is 1.82 bits per heavy atom. The molecular weight excluding hydrogens is 418 g/mol. The minimum Gasteiger partial charge on any atom is -0.489 e. The molecule has 1 saturated carbocycles. The van der Waals surface area contributed by atoms with Crippen LogP contribution in [-0.2, 0) is 35.4 Å². The molecule has 1 amide bonds. The molecule has 6 nitrogen and oxygen atoms in total. The molecule has 6 heteroatoms. The molecule has 0 bridgehead atoms. The van der Waals surface area contributed by atoms with E-state index in [1.165, 1.54) is 0 Å². The average Bonchev–Trinajstić information content (AvgIpc) is 3.16. The summed E-state index contributed by atoms with van der Waals surface area (Å²) in [6.07, 6.45) is 5.55. The maximum atomic E-state index is 13.7. The van der Waals surface area contributed by atoms with Crippen molar-refractivity contribution in [3.8, 4) is 5.75 Å². The Hall–Kier alpha value is -2.86. The molecule has 2 aliphatic carbocycles. The number of nitrogens with one attached hydrogen (secondary N) is 1. The molecule has 0 spiro atoms. The minimum atomic E-state index is -1.16. The topological polar surface area (TPSA) is 84.9 Å². The summed E-state index contributed by atoms with van der Waals surface area (Å²) < 4.78 is 11.7. The number of carbonyl (C=O) groups excluding carboxylic acids is 2. The van der Waals surface area contributed by atoms with Gasteiger partial charge in [-0.15, -0.1) is 0 Å². The summed E-state index contributed by atoms with van der Waals surface area (Å²) in [5, 5.41) is 12.9. The number of esters is 1. The predicted octanol–water partition coefficient (Wildman–Crippen LogP) is 3.89. The minimum absolute atomic E-state index is 0.0990. The largest absolute Gasteiger partial charge is 0.489 e. The van der Waals surface area contributed by atoms with Crippen LogP contribution in [0.3, 0.4) is 0 Å². The maximum Gasteiger partial charge on any atom is 0.332 e. The van der Waals surface area contributed by atoms with Crippen molar-refractivity contribution in [2.24, 2.45) is 0 Å². The van der Waals surface area contributed by atoms with E-state index < -0.39 is 11.5 Å². The van der Waals surface area contributed by atoms with Gasteiger partial charge in [0.25, 0.3) is 5.91 Å². The van der Waals surface area contributed by atoms with Gasteiger partial charge in [-0.05, 0) is 67.0 Å². The Bertz CT molecular complexity index is 1000. The Morgan fingerprint density at radius 1 is 1.12 bits per heavy atom. The van der Waals surface area contributed by atoms with E-state index in [0.717, 1.165) is 48.8 Å². The normalized spacial score (nSPS) is 16.6. The lowest BCUT2D eigenvalue weighted by atomic mass is 9.93. The van der Waals surface area contributed by atoms with Crippen LogP contribution in [0.1, 0.15) is 72.1 Å². The molecule has 4 rings (SSSR count). The first-order valence-corrected chi connectivity index (χ1v) is 12.0. The average molecular weight is 452 g/mol. The lowest BCUT2D eigenvalue weighted by molar-refractivity contribution is -0.150. The number of benzene rings is 2. The number of ether oxygens (including phenoxy) is 2. The van der Waals surface area contributed by atoms with Crippen molar-refractivity contribution in [1.29, 1.82) is 0 Å². The number of aryl methyl sites for hydroxylation is 1. The fourth-order valence-electron chi connectivity index (χ4n) is 4.72. The number of rotatable bonds is 9. The van der Waals surface area contributed by atoms with E-state index in [0.29, 0.717) is 29.7 Å². The molecular formula is C27H33NO5. The molecule has 0 heterocycles. The molecule has 176 valence electrons. The van der Waals surface area contributed by atoms with Gasteiger partial charge in [0.1, 0.15) is 11.3 Å². The van der Waals surface area contributed by atoms with Gasteiger partial charge in [0.15, 0.2) is 0 Å². The van der Waals surface area contributed by atoms with Crippen LogP contribution in [0.5, 0.6) is 5.75 Å². The van der Waals surface area contributed by atoms with E-state index in [1.54, 1.807) is 13.0 Å². The molecule has 1 fully saturated rings. The summed E-state index contributed by atoms with van der Waals surface area (Å²) in [5.41, 5.74) is 2.85. The van der Waals surface area contributed by atoms with Gasteiger partial charge in [-0.1, -0.05) is 37.6 Å². The smallest absolute Gasteiger partial charge is 0.332 e. The fraction of sp³-hybridized carbons (Fsp3) is 0.481. The highest BCUT2D eigenvalue weighted by Gasteiger charge is 2.47. The molecule has 2 aromatic rings. The summed E-state index contributed by atoms with van der Waals surface area (Å²) in [5.74, 6) is -0.230. The van der Waals surface area contributed by atoms with Gasteiger partial charge in [-0.25, -0.2) is 4.79 Å². The van der Waals surface area contributed by atoms with Crippen LogP contribution in [-0.4, -0.2) is 35.2 Å². The Labute approximate surface area is 195 Å². The molecule has 2 aliphatic rings. The van der Waals surface area contributed by atoms with E-state index in [1.807, 2.05) is 30.3 Å². The quantitative estimate of drug-likeness (QED) is 0.565. The maximum absolute atomic E-state index is 13.7. The summed E-state index contributed by atoms with van der Waals surface area (Å²) in [6, 6.07) is 11.4. The van der Waals surface area contributed by atoms with Crippen LogP contribution in [0.15, 0.2) is 36.4 Å². The Morgan fingerprint density at radius 3 is 2.36 bits per heavy atom. The predicted molar refractivity (Wildman–Crippen MR) is 125 cm³/mol. The first-order valence-electron chi connectivity index (χ1n) is 12.0. The highest BCUT2D eigenvalue weighted by Crippen LogP contribution is 2.35. The number of fused-ring (bicyclic) bond motifs is 1. The van der Waals surface area contributed by atoms with Crippen LogP contribution in [0, 0.1) is 0 Å². The number of carbonyl (C=O) groups is 2. The van der Waals surface area contributed by atoms with Gasteiger partial charge in [0.2, 0.25) is 0 Å². The summed E-state index contributed by atoms with van der Waals surface area (Å²) in [7, 11) is 0. The van der Waals surface area contributed by atoms with E-state index in [-0.39, 0.29) is 25.2 Å². The Kier molecular flexibility index (Phi) is 7.03. The van der Waals surface area contributed by atoms with Gasteiger partial charge >= 0.3 is 5.97 Å². The first kappa shape index (κ1) is 23.3. The van der Waals surface area contributed by atoms with E-state index in [4.69, 9.17) is 9.47 Å². The zero-order valence-electron chi connectivity index (χ0n) is 19.5. The van der Waals surface area contributed by atoms with Gasteiger partial charge < -0.3 is 19.9 Å². The fourth-order valence-corrected chi connectivity index (χ4v) is 4.72. The molecule has 0 saturated heterocycles. The molecule has 2 aromatic carbocycles. The van der Waals surface area contributed by atoms with Gasteiger partial charge in [0, 0.05) is 12.8 Å². The van der Waals surface area contributed by atoms with Crippen molar-refractivity contribution >= 4 is 11.9 Å². The van der Waals surface area contributed by atoms with Crippen molar-refractivity contribution in [1.82, 2.24) is 5.32 Å². The van der Waals surface area contributed by atoms with Crippen LogP contribution in [0.25, 0.3) is 0 Å². The van der Waals surface area contributed by atoms with Crippen molar-refractivity contribution < 1.29 is 24.2 Å². The van der Waals surface area contributed by atoms with Crippen molar-refractivity contribution in [3.63, 3.8) is 0 Å². The monoisotopic (exact) mass is 451 g/mol. The SMILES string of the molecule is CCCc1cc(CO)cc(C(=O)NC2(C(=O)OCC)Cc3ccccc3C2)c1OC1CCC1. The highest BCUT2D eigenvalue weighted by atomic mass is 16.5. The number of hydrogen-bond acceptors (Lipinski definition) is 5. The highest BCUT2D eigenvalue weighted by molar-refractivity contribution is 6.01. The molecule has 2 N–H and O–H groups in total. The second-order valence-corrected chi connectivity index (χ2v) is 9.09. The van der Waals surface area contributed by atoms with E-state index >= 15 is 0 Å². The molecule has 0 aromatic heterocycles. The molecule has 0 aliphatic heterocycles. The number of amides is 1. The first-order chi connectivity index (χ1) is 16.0. The van der Waals surface area contributed by atoms with Crippen molar-refractivity contribution in [2.45, 2.75) is 77.0 Å². The van der Waals surface area contributed by atoms with Crippen LogP contribution in [0.4, 0.5) is 0 Å². The summed E-state index contributed by atoms with van der Waals surface area (Å²) in [4.78, 5) is 26.8. The summed E-state index contributed by atoms with van der Waals surface area (Å²) >= 11 is 0. The van der Waals surface area contributed by atoms with Crippen molar-refractivity contribution in [3.05, 3.63) is 64.2 Å². The molecule has 33 heavy (non-hydrogen) atoms.